The predicted octanol–water partition coefficient (Wildman–Crippen LogP) is 3.80. The highest BCUT2D eigenvalue weighted by Crippen LogP contribution is 2.40. The molecule has 4 nitrogen and oxygen atoms in total. The average molecular weight is 475 g/mol. The zero-order valence-corrected chi connectivity index (χ0v) is 18.2. The number of ether oxygens (including phenoxy) is 1. The monoisotopic (exact) mass is 475 g/mol. The van der Waals surface area contributed by atoms with E-state index in [1.807, 2.05) is 19.2 Å². The first-order chi connectivity index (χ1) is 12.2. The fourth-order valence-corrected chi connectivity index (χ4v) is 4.40. The van der Waals surface area contributed by atoms with Gasteiger partial charge in [-0.2, -0.15) is 0 Å². The maximum Gasteiger partial charge on any atom is 0.193 e. The fraction of sp³-hybridized carbons (Fsp3) is 0.650. The first-order valence-electron chi connectivity index (χ1n) is 9.37. The largest absolute Gasteiger partial charge is 0.384 e. The van der Waals surface area contributed by atoms with Gasteiger partial charge in [-0.3, -0.25) is 4.99 Å². The Balaban J connectivity index is 0.00000243. The second-order valence-corrected chi connectivity index (χ2v) is 7.45. The lowest BCUT2D eigenvalue weighted by molar-refractivity contribution is 0.157. The van der Waals surface area contributed by atoms with Crippen LogP contribution in [0.5, 0.6) is 0 Å². The maximum absolute atomic E-state index is 13.3. The van der Waals surface area contributed by atoms with Gasteiger partial charge in [-0.25, -0.2) is 4.39 Å². The van der Waals surface area contributed by atoms with Crippen molar-refractivity contribution in [1.29, 1.82) is 0 Å². The molecule has 0 aromatic heterocycles. The summed E-state index contributed by atoms with van der Waals surface area (Å²) in [6.45, 7) is 3.69. The van der Waals surface area contributed by atoms with E-state index in [0.717, 1.165) is 51.5 Å². The van der Waals surface area contributed by atoms with Gasteiger partial charge in [0.1, 0.15) is 5.82 Å². The van der Waals surface area contributed by atoms with Gasteiger partial charge in [0.25, 0.3) is 0 Å². The zero-order valence-electron chi connectivity index (χ0n) is 15.8. The Hall–Kier alpha value is -0.890. The number of rotatable bonds is 5. The molecule has 2 aliphatic rings. The summed E-state index contributed by atoms with van der Waals surface area (Å²) in [5.41, 5.74) is 1.34. The van der Waals surface area contributed by atoms with Crippen molar-refractivity contribution in [3.8, 4) is 0 Å². The normalized spacial score (nSPS) is 22.3. The van der Waals surface area contributed by atoms with Gasteiger partial charge in [0.15, 0.2) is 5.96 Å². The Morgan fingerprint density at radius 1 is 1.31 bits per heavy atom. The standard InChI is InChI=1S/C20H30FN3O.HI/c1-22-19(24-12-9-16(13-24)14-25-2)23-15-20(10-3-4-11-20)17-5-7-18(21)8-6-17;/h5-8,16H,3-4,9-15H2,1-2H3,(H,22,23);1H. The van der Waals surface area contributed by atoms with E-state index in [4.69, 9.17) is 4.74 Å². The van der Waals surface area contributed by atoms with E-state index in [-0.39, 0.29) is 35.2 Å². The van der Waals surface area contributed by atoms with Gasteiger partial charge in [0, 0.05) is 45.1 Å². The van der Waals surface area contributed by atoms with Crippen LogP contribution in [0.25, 0.3) is 0 Å². The molecule has 1 saturated heterocycles. The van der Waals surface area contributed by atoms with Gasteiger partial charge in [-0.1, -0.05) is 25.0 Å². The summed E-state index contributed by atoms with van der Waals surface area (Å²) in [7, 11) is 3.62. The quantitative estimate of drug-likeness (QED) is 0.400. The van der Waals surface area contributed by atoms with E-state index in [2.05, 4.69) is 15.2 Å². The second kappa shape index (κ2) is 9.88. The van der Waals surface area contributed by atoms with Gasteiger partial charge >= 0.3 is 0 Å². The van der Waals surface area contributed by atoms with Crippen molar-refractivity contribution in [2.45, 2.75) is 37.5 Å². The third kappa shape index (κ3) is 4.88. The van der Waals surface area contributed by atoms with Crippen LogP contribution in [0, 0.1) is 11.7 Å². The molecule has 1 heterocycles. The van der Waals surface area contributed by atoms with Crippen molar-refractivity contribution in [1.82, 2.24) is 10.2 Å². The number of aliphatic imine (C=N–C) groups is 1. The lowest BCUT2D eigenvalue weighted by Crippen LogP contribution is -2.46. The smallest absolute Gasteiger partial charge is 0.193 e. The summed E-state index contributed by atoms with van der Waals surface area (Å²) in [6, 6.07) is 7.07. The Bertz CT molecular complexity index is 587. The van der Waals surface area contributed by atoms with Crippen LogP contribution in [0.3, 0.4) is 0 Å². The minimum Gasteiger partial charge on any atom is -0.384 e. The van der Waals surface area contributed by atoms with Crippen molar-refractivity contribution in [2.24, 2.45) is 10.9 Å². The van der Waals surface area contributed by atoms with Gasteiger partial charge < -0.3 is 15.0 Å². The lowest BCUT2D eigenvalue weighted by atomic mass is 9.79. The SMILES string of the molecule is CN=C(NCC1(c2ccc(F)cc2)CCCC1)N1CCC(COC)C1.I. The van der Waals surface area contributed by atoms with Gasteiger partial charge in [0.05, 0.1) is 6.61 Å². The zero-order chi connectivity index (χ0) is 17.7. The lowest BCUT2D eigenvalue weighted by Gasteiger charge is -2.32. The Morgan fingerprint density at radius 2 is 2.00 bits per heavy atom. The second-order valence-electron chi connectivity index (χ2n) is 7.45. The number of nitrogens with one attached hydrogen (secondary N) is 1. The summed E-state index contributed by atoms with van der Waals surface area (Å²) in [6.07, 6.45) is 5.91. The molecule has 0 bridgehead atoms. The average Bonchev–Trinajstić information content (AvgIpc) is 3.27. The first kappa shape index (κ1) is 21.4. The molecule has 1 aliphatic heterocycles. The highest BCUT2D eigenvalue weighted by atomic mass is 127. The van der Waals surface area contributed by atoms with Gasteiger partial charge in [0.2, 0.25) is 0 Å². The van der Waals surface area contributed by atoms with E-state index >= 15 is 0 Å². The minimum absolute atomic E-state index is 0. The number of guanidine groups is 1. The molecular formula is C20H31FIN3O. The van der Waals surface area contributed by atoms with Crippen LogP contribution < -0.4 is 5.32 Å². The topological polar surface area (TPSA) is 36.9 Å². The Kier molecular flexibility index (Phi) is 8.13. The molecule has 1 aliphatic carbocycles. The molecule has 0 spiro atoms. The molecule has 2 fully saturated rings. The third-order valence-corrected chi connectivity index (χ3v) is 5.80. The molecule has 3 rings (SSSR count). The van der Waals surface area contributed by atoms with Crippen molar-refractivity contribution >= 4 is 29.9 Å². The molecule has 1 aromatic carbocycles. The summed E-state index contributed by atoms with van der Waals surface area (Å²) < 4.78 is 18.6. The van der Waals surface area contributed by atoms with E-state index in [9.17, 15) is 4.39 Å². The molecule has 1 saturated carbocycles. The molecule has 1 unspecified atom stereocenters. The Labute approximate surface area is 173 Å². The third-order valence-electron chi connectivity index (χ3n) is 5.80. The number of benzene rings is 1. The fourth-order valence-electron chi connectivity index (χ4n) is 4.40. The van der Waals surface area contributed by atoms with Crippen LogP contribution in [0.4, 0.5) is 4.39 Å². The van der Waals surface area contributed by atoms with Crippen LogP contribution in [-0.4, -0.2) is 51.3 Å². The van der Waals surface area contributed by atoms with Crippen LogP contribution in [0.2, 0.25) is 0 Å². The van der Waals surface area contributed by atoms with E-state index in [0.29, 0.717) is 5.92 Å². The molecule has 1 N–H and O–H groups in total. The van der Waals surface area contributed by atoms with E-state index < -0.39 is 0 Å². The molecule has 6 heteroatoms. The number of likely N-dealkylation sites (tertiary alicyclic amines) is 1. The number of hydrogen-bond donors (Lipinski definition) is 1. The van der Waals surface area contributed by atoms with Crippen LogP contribution in [0.15, 0.2) is 29.3 Å². The van der Waals surface area contributed by atoms with E-state index in [1.165, 1.54) is 18.4 Å². The van der Waals surface area contributed by atoms with Crippen molar-refractivity contribution in [3.63, 3.8) is 0 Å². The number of methoxy groups -OCH3 is 1. The summed E-state index contributed by atoms with van der Waals surface area (Å²) in [5, 5.41) is 3.61. The molecule has 26 heavy (non-hydrogen) atoms. The minimum atomic E-state index is -0.165. The highest BCUT2D eigenvalue weighted by Gasteiger charge is 2.36. The molecule has 146 valence electrons. The molecule has 1 aromatic rings. The highest BCUT2D eigenvalue weighted by molar-refractivity contribution is 14.0. The molecule has 0 radical (unpaired) electrons. The summed E-state index contributed by atoms with van der Waals surface area (Å²) in [4.78, 5) is 6.83. The number of hydrogen-bond acceptors (Lipinski definition) is 2. The summed E-state index contributed by atoms with van der Waals surface area (Å²) >= 11 is 0. The first-order valence-corrected chi connectivity index (χ1v) is 9.37. The summed E-state index contributed by atoms with van der Waals surface area (Å²) in [5.74, 6) is 1.40. The molecular weight excluding hydrogens is 444 g/mol. The number of halogens is 2. The Morgan fingerprint density at radius 3 is 2.62 bits per heavy atom. The van der Waals surface area contributed by atoms with Crippen molar-refractivity contribution in [3.05, 3.63) is 35.6 Å². The van der Waals surface area contributed by atoms with Crippen molar-refractivity contribution in [2.75, 3.05) is 40.4 Å². The predicted molar refractivity (Wildman–Crippen MR) is 115 cm³/mol. The van der Waals surface area contributed by atoms with Gasteiger partial charge in [-0.15, -0.1) is 24.0 Å². The maximum atomic E-state index is 13.3. The number of nitrogens with zero attached hydrogens (tertiary/aromatic N) is 2. The van der Waals surface area contributed by atoms with Crippen LogP contribution in [-0.2, 0) is 10.2 Å². The molecule has 1 atom stereocenters. The molecule has 0 amide bonds. The van der Waals surface area contributed by atoms with Crippen molar-refractivity contribution < 1.29 is 9.13 Å². The van der Waals surface area contributed by atoms with E-state index in [1.54, 1.807) is 19.2 Å². The van der Waals surface area contributed by atoms with Gasteiger partial charge in [-0.05, 0) is 37.0 Å². The van der Waals surface area contributed by atoms with Crippen LogP contribution in [0.1, 0.15) is 37.7 Å². The van der Waals surface area contributed by atoms with Crippen LogP contribution >= 0.6 is 24.0 Å².